The molecule has 1 heterocycles. The van der Waals surface area contributed by atoms with Crippen molar-refractivity contribution in [3.05, 3.63) is 0 Å². The van der Waals surface area contributed by atoms with Crippen LogP contribution in [0.1, 0.15) is 40.0 Å². The third-order valence-electron chi connectivity index (χ3n) is 9.37. The monoisotopic (exact) mass is 514 g/mol. The Morgan fingerprint density at radius 3 is 2.37 bits per heavy atom. The van der Waals surface area contributed by atoms with E-state index in [9.17, 15) is 32.1 Å². The lowest BCUT2D eigenvalue weighted by atomic mass is 9.86. The van der Waals surface area contributed by atoms with E-state index >= 15 is 0 Å². The summed E-state index contributed by atoms with van der Waals surface area (Å²) in [5, 5.41) is -2.18. The highest BCUT2D eigenvalue weighted by molar-refractivity contribution is 7.87. The van der Waals surface area contributed by atoms with Gasteiger partial charge in [0.25, 0.3) is 16.6 Å². The van der Waals surface area contributed by atoms with Gasteiger partial charge in [-0.15, -0.1) is 0 Å². The van der Waals surface area contributed by atoms with Gasteiger partial charge in [0.05, 0.1) is 12.3 Å². The van der Waals surface area contributed by atoms with Crippen molar-refractivity contribution in [1.82, 2.24) is 0 Å². The van der Waals surface area contributed by atoms with Gasteiger partial charge in [0.1, 0.15) is 24.4 Å². The fourth-order valence-electron chi connectivity index (χ4n) is 7.90. The molecule has 1 saturated heterocycles. The molecule has 0 amide bonds. The van der Waals surface area contributed by atoms with Crippen molar-refractivity contribution in [2.24, 2.45) is 47.3 Å². The van der Waals surface area contributed by atoms with Crippen LogP contribution in [0.25, 0.3) is 0 Å². The maximum Gasteiger partial charge on any atom is 0.327 e. The quantitative estimate of drug-likeness (QED) is 0.211. The average molecular weight is 515 g/mol. The topological polar surface area (TPSA) is 160 Å². The fourth-order valence-corrected chi connectivity index (χ4v) is 8.54. The van der Waals surface area contributed by atoms with Crippen molar-refractivity contribution in [3.63, 3.8) is 0 Å². The third-order valence-corrected chi connectivity index (χ3v) is 10.4. The summed E-state index contributed by atoms with van der Waals surface area (Å²) in [6, 6.07) is 0. The summed E-state index contributed by atoms with van der Waals surface area (Å²) in [7, 11) is -5.01. The number of esters is 3. The summed E-state index contributed by atoms with van der Waals surface area (Å²) >= 11 is 0. The van der Waals surface area contributed by atoms with Gasteiger partial charge in [-0.3, -0.25) is 23.7 Å². The first-order chi connectivity index (χ1) is 16.4. The Labute approximate surface area is 202 Å². The lowest BCUT2D eigenvalue weighted by Gasteiger charge is -2.32. The molecular formula is C23H30O11S. The van der Waals surface area contributed by atoms with Crippen LogP contribution in [0.15, 0.2) is 0 Å². The van der Waals surface area contributed by atoms with E-state index in [1.165, 1.54) is 0 Å². The van der Waals surface area contributed by atoms with Gasteiger partial charge in [-0.1, -0.05) is 20.8 Å². The molecule has 11 nitrogen and oxygen atoms in total. The highest BCUT2D eigenvalue weighted by atomic mass is 32.2. The minimum absolute atomic E-state index is 0.00284. The molecule has 1 N–H and O–H groups in total. The van der Waals surface area contributed by atoms with Crippen molar-refractivity contribution in [2.45, 2.75) is 69.7 Å². The maximum absolute atomic E-state index is 12.9. The van der Waals surface area contributed by atoms with Crippen LogP contribution < -0.4 is 0 Å². The van der Waals surface area contributed by atoms with Crippen molar-refractivity contribution < 1.29 is 51.1 Å². The smallest absolute Gasteiger partial charge is 0.327 e. The molecule has 5 fully saturated rings. The van der Waals surface area contributed by atoms with Gasteiger partial charge in [-0.05, 0) is 30.6 Å². The molecule has 35 heavy (non-hydrogen) atoms. The van der Waals surface area contributed by atoms with Crippen molar-refractivity contribution in [1.29, 1.82) is 0 Å². The standard InChI is InChI=1S/C23H30O11S/c1-8-4-11-9(2)16(8)20(31-7-24)18(11)32-15(25)6-14(35(28,29)30)23(27)33-19-12-5-13-17(10(12)3)21(19)34-22(13)26/h7-14,16-21H,4-6H2,1-3H3,(H,28,29,30)/t8?,9-,10-,11?,12?,13?,14?,16?,17?,18?,19?,20?,21?/m1/s1. The molecule has 4 aliphatic carbocycles. The van der Waals surface area contributed by atoms with E-state index in [1.807, 2.05) is 20.8 Å². The van der Waals surface area contributed by atoms with Gasteiger partial charge in [0, 0.05) is 23.7 Å². The predicted molar refractivity (Wildman–Crippen MR) is 115 cm³/mol. The predicted octanol–water partition coefficient (Wildman–Crippen LogP) is 0.747. The first kappa shape index (κ1) is 24.5. The lowest BCUT2D eigenvalue weighted by molar-refractivity contribution is -0.170. The molecular weight excluding hydrogens is 484 g/mol. The number of hydrogen-bond donors (Lipinski definition) is 1. The second-order valence-corrected chi connectivity index (χ2v) is 12.5. The highest BCUT2D eigenvalue weighted by Crippen LogP contribution is 2.59. The lowest BCUT2D eigenvalue weighted by Crippen LogP contribution is -2.44. The molecule has 12 heteroatoms. The first-order valence-electron chi connectivity index (χ1n) is 12.1. The number of hydrogen-bond acceptors (Lipinski definition) is 10. The van der Waals surface area contributed by atoms with Crippen LogP contribution in [0.2, 0.25) is 0 Å². The Hall–Kier alpha value is -2.21. The molecule has 0 spiro atoms. The van der Waals surface area contributed by atoms with E-state index in [-0.39, 0.29) is 53.3 Å². The Bertz CT molecular complexity index is 1040. The molecule has 4 bridgehead atoms. The minimum Gasteiger partial charge on any atom is -0.460 e. The molecule has 1 aliphatic heterocycles. The molecule has 5 rings (SSSR count). The summed E-state index contributed by atoms with van der Waals surface area (Å²) in [4.78, 5) is 48.7. The van der Waals surface area contributed by atoms with Crippen LogP contribution in [0.4, 0.5) is 0 Å². The minimum atomic E-state index is -5.01. The molecule has 194 valence electrons. The van der Waals surface area contributed by atoms with E-state index in [0.29, 0.717) is 12.9 Å². The summed E-state index contributed by atoms with van der Waals surface area (Å²) < 4.78 is 55.4. The molecule has 0 radical (unpaired) electrons. The second-order valence-electron chi connectivity index (χ2n) is 10.9. The number of ether oxygens (including phenoxy) is 4. The molecule has 0 aromatic heterocycles. The zero-order valence-corrected chi connectivity index (χ0v) is 20.5. The average Bonchev–Trinajstić information content (AvgIpc) is 3.46. The first-order valence-corrected chi connectivity index (χ1v) is 13.6. The number of carbonyl (C=O) groups is 4. The van der Waals surface area contributed by atoms with E-state index < -0.39 is 58.1 Å². The van der Waals surface area contributed by atoms with E-state index in [2.05, 4.69) is 0 Å². The normalized spacial score (nSPS) is 45.8. The summed E-state index contributed by atoms with van der Waals surface area (Å²) in [6.45, 7) is 6.26. The van der Waals surface area contributed by atoms with Crippen LogP contribution in [-0.2, 0) is 48.2 Å². The van der Waals surface area contributed by atoms with E-state index in [0.717, 1.165) is 6.42 Å². The van der Waals surface area contributed by atoms with Crippen LogP contribution in [0, 0.1) is 47.3 Å². The van der Waals surface area contributed by atoms with Gasteiger partial charge < -0.3 is 18.9 Å². The van der Waals surface area contributed by atoms with Crippen molar-refractivity contribution >= 4 is 34.5 Å². The van der Waals surface area contributed by atoms with Gasteiger partial charge in [-0.25, -0.2) is 0 Å². The van der Waals surface area contributed by atoms with Gasteiger partial charge >= 0.3 is 17.9 Å². The van der Waals surface area contributed by atoms with E-state index in [1.54, 1.807) is 0 Å². The highest BCUT2D eigenvalue weighted by Gasteiger charge is 2.67. The zero-order chi connectivity index (χ0) is 25.4. The van der Waals surface area contributed by atoms with Crippen molar-refractivity contribution in [3.8, 4) is 0 Å². The SMILES string of the molecule is CC1CC2C(OC(=O)CC(C(=O)OC3C4OC(=O)C5CC3[C@@H](C)C54)S(=O)(=O)O)C(OC=O)C1[C@@H]2C. The molecule has 4 saturated carbocycles. The largest absolute Gasteiger partial charge is 0.460 e. The van der Waals surface area contributed by atoms with Crippen LogP contribution in [-0.4, -0.2) is 67.0 Å². The van der Waals surface area contributed by atoms with Crippen molar-refractivity contribution in [2.75, 3.05) is 0 Å². The van der Waals surface area contributed by atoms with Gasteiger partial charge in [-0.2, -0.15) is 8.42 Å². The molecule has 0 aromatic carbocycles. The Kier molecular flexibility index (Phi) is 5.90. The molecule has 0 aromatic rings. The third kappa shape index (κ3) is 3.75. The molecule has 11 unspecified atom stereocenters. The summed E-state index contributed by atoms with van der Waals surface area (Å²) in [5.41, 5.74) is 0. The number of fused-ring (bicyclic) bond motifs is 3. The maximum atomic E-state index is 12.9. The Balaban J connectivity index is 1.27. The fraction of sp³-hybridized carbons (Fsp3) is 0.826. The van der Waals surface area contributed by atoms with Crippen LogP contribution in [0.5, 0.6) is 0 Å². The van der Waals surface area contributed by atoms with Gasteiger partial charge in [0.15, 0.2) is 5.25 Å². The summed E-state index contributed by atoms with van der Waals surface area (Å²) in [6.07, 6.45) is -2.61. The van der Waals surface area contributed by atoms with E-state index in [4.69, 9.17) is 18.9 Å². The summed E-state index contributed by atoms with van der Waals surface area (Å²) in [5.74, 6) is -2.77. The van der Waals surface area contributed by atoms with Gasteiger partial charge in [0.2, 0.25) is 0 Å². The van der Waals surface area contributed by atoms with Crippen LogP contribution >= 0.6 is 0 Å². The Morgan fingerprint density at radius 2 is 1.71 bits per heavy atom. The Morgan fingerprint density at radius 1 is 1.06 bits per heavy atom. The zero-order valence-electron chi connectivity index (χ0n) is 19.6. The molecule has 13 atom stereocenters. The second kappa shape index (κ2) is 8.43. The molecule has 5 aliphatic rings. The van der Waals surface area contributed by atoms with Crippen LogP contribution in [0.3, 0.4) is 0 Å². The number of carbonyl (C=O) groups excluding carboxylic acids is 4. The number of rotatable bonds is 8.